The topological polar surface area (TPSA) is 146 Å². The Bertz CT molecular complexity index is 1230. The van der Waals surface area contributed by atoms with Crippen LogP contribution >= 0.6 is 0 Å². The van der Waals surface area contributed by atoms with Gasteiger partial charge in [-0.25, -0.2) is 19.4 Å². The van der Waals surface area contributed by atoms with Crippen LogP contribution < -0.4 is 11.6 Å². The number of halogens is 3. The summed E-state index contributed by atoms with van der Waals surface area (Å²) >= 11 is 0. The van der Waals surface area contributed by atoms with Crippen molar-refractivity contribution in [1.82, 2.24) is 14.6 Å². The number of hydrogen-bond acceptors (Lipinski definition) is 7. The summed E-state index contributed by atoms with van der Waals surface area (Å²) in [5.41, 5.74) is 10.1. The molecule has 0 aliphatic heterocycles. The highest BCUT2D eigenvalue weighted by molar-refractivity contribution is 5.86. The molecule has 0 spiro atoms. The number of carboxylic acids is 1. The van der Waals surface area contributed by atoms with Gasteiger partial charge in [-0.1, -0.05) is 30.3 Å². The third-order valence-corrected chi connectivity index (χ3v) is 5.94. The number of ether oxygens (including phenoxy) is 1. The summed E-state index contributed by atoms with van der Waals surface area (Å²) in [4.78, 5) is 30.2. The van der Waals surface area contributed by atoms with Gasteiger partial charge in [-0.2, -0.15) is 13.2 Å². The highest BCUT2D eigenvalue weighted by atomic mass is 19.4. The first-order valence-corrected chi connectivity index (χ1v) is 10.8. The summed E-state index contributed by atoms with van der Waals surface area (Å²) in [7, 11) is 0. The fraction of sp³-hybridized carbons (Fsp3) is 0.391. The number of alkyl halides is 3. The van der Waals surface area contributed by atoms with Gasteiger partial charge in [0.15, 0.2) is 11.5 Å². The molecule has 188 valence electrons. The maximum Gasteiger partial charge on any atom is 0.490 e. The van der Waals surface area contributed by atoms with Gasteiger partial charge in [0.2, 0.25) is 0 Å². The first-order chi connectivity index (χ1) is 16.4. The molecule has 0 unspecified atom stereocenters. The Morgan fingerprint density at radius 1 is 1.17 bits per heavy atom. The minimum Gasteiger partial charge on any atom is -0.475 e. The largest absolute Gasteiger partial charge is 0.490 e. The van der Waals surface area contributed by atoms with Gasteiger partial charge in [0.25, 0.3) is 0 Å². The smallest absolute Gasteiger partial charge is 0.475 e. The van der Waals surface area contributed by atoms with Crippen LogP contribution in [0.1, 0.15) is 42.1 Å². The monoisotopic (exact) mass is 493 g/mol. The molecule has 35 heavy (non-hydrogen) atoms. The molecule has 0 amide bonds. The van der Waals surface area contributed by atoms with Crippen molar-refractivity contribution in [3.05, 3.63) is 47.3 Å². The van der Waals surface area contributed by atoms with E-state index < -0.39 is 12.1 Å². The molecular weight excluding hydrogens is 467 g/mol. The van der Waals surface area contributed by atoms with E-state index in [-0.39, 0.29) is 24.5 Å². The van der Waals surface area contributed by atoms with Crippen molar-refractivity contribution in [1.29, 1.82) is 0 Å². The minimum absolute atomic E-state index is 0.0919. The molecule has 2 heterocycles. The van der Waals surface area contributed by atoms with E-state index in [4.69, 9.17) is 36.2 Å². The zero-order valence-corrected chi connectivity index (χ0v) is 19.2. The van der Waals surface area contributed by atoms with Gasteiger partial charge >= 0.3 is 18.1 Å². The number of benzene rings is 1. The lowest BCUT2D eigenvalue weighted by Crippen LogP contribution is -2.22. The average molecular weight is 493 g/mol. The fourth-order valence-corrected chi connectivity index (χ4v) is 4.06. The van der Waals surface area contributed by atoms with Crippen molar-refractivity contribution >= 4 is 23.0 Å². The molecule has 0 saturated heterocycles. The minimum atomic E-state index is -5.08. The average Bonchev–Trinajstić information content (AvgIpc) is 3.37. The lowest BCUT2D eigenvalue weighted by atomic mass is 9.98. The van der Waals surface area contributed by atoms with Crippen molar-refractivity contribution in [2.24, 2.45) is 5.73 Å². The standard InChI is InChI=1S/C21H25N5O2.C2HF3O2/c1-12-13(2)26(23)21-18(12)19(15-8-9-16(10-15)28-17(27)11-22)24-20(25-21)14-6-4-3-5-7-14;3-2(4,5)1(6)7/h3-7,15-16H,8-11,22-23H2,1-2H3;(H,6,7)/t15-,16+;/m0./s1. The maximum absolute atomic E-state index is 11.6. The molecule has 2 atom stereocenters. The molecule has 9 nitrogen and oxygen atoms in total. The number of aryl methyl sites for hydroxylation is 1. The summed E-state index contributed by atoms with van der Waals surface area (Å²) in [5, 5.41) is 8.13. The molecule has 4 rings (SSSR count). The van der Waals surface area contributed by atoms with Crippen LogP contribution in [0.3, 0.4) is 0 Å². The molecule has 2 aromatic heterocycles. The number of fused-ring (bicyclic) bond motifs is 1. The van der Waals surface area contributed by atoms with Crippen molar-refractivity contribution in [3.63, 3.8) is 0 Å². The number of aliphatic carboxylic acids is 1. The number of nitrogens with zero attached hydrogens (tertiary/aromatic N) is 3. The number of esters is 1. The van der Waals surface area contributed by atoms with Crippen molar-refractivity contribution < 1.29 is 32.6 Å². The molecule has 1 saturated carbocycles. The SMILES string of the molecule is Cc1c(C)n(N)c2nc(-c3ccccc3)nc([C@H]3CC[C@@H](OC(=O)CN)C3)c12.O=C(O)C(F)(F)F. The number of aromatic nitrogens is 3. The lowest BCUT2D eigenvalue weighted by molar-refractivity contribution is -0.192. The first-order valence-electron chi connectivity index (χ1n) is 10.8. The molecule has 0 radical (unpaired) electrons. The zero-order chi connectivity index (χ0) is 25.9. The number of rotatable bonds is 4. The predicted octanol–water partition coefficient (Wildman–Crippen LogP) is 3.20. The van der Waals surface area contributed by atoms with Crippen LogP contribution in [0.5, 0.6) is 0 Å². The van der Waals surface area contributed by atoms with Crippen LogP contribution in [0, 0.1) is 13.8 Å². The number of carboxylic acid groups (broad SMARTS) is 1. The Hall–Kier alpha value is -3.67. The second kappa shape index (κ2) is 10.3. The van der Waals surface area contributed by atoms with Crippen molar-refractivity contribution in [3.8, 4) is 11.4 Å². The van der Waals surface area contributed by atoms with Gasteiger partial charge in [0.1, 0.15) is 6.10 Å². The Morgan fingerprint density at radius 3 is 2.37 bits per heavy atom. The van der Waals surface area contributed by atoms with Crippen LogP contribution in [-0.4, -0.2) is 50.5 Å². The summed E-state index contributed by atoms with van der Waals surface area (Å²) in [6.07, 6.45) is -2.76. The lowest BCUT2D eigenvalue weighted by Gasteiger charge is -2.14. The molecule has 0 bridgehead atoms. The molecule has 1 aromatic carbocycles. The Kier molecular flexibility index (Phi) is 7.64. The Morgan fingerprint density at radius 2 is 1.80 bits per heavy atom. The van der Waals surface area contributed by atoms with Crippen LogP contribution in [0.15, 0.2) is 30.3 Å². The molecule has 5 N–H and O–H groups in total. The van der Waals surface area contributed by atoms with Crippen LogP contribution in [-0.2, 0) is 14.3 Å². The van der Waals surface area contributed by atoms with E-state index in [0.717, 1.165) is 52.8 Å². The fourth-order valence-electron chi connectivity index (χ4n) is 4.06. The third-order valence-electron chi connectivity index (χ3n) is 5.94. The Balaban J connectivity index is 0.000000429. The van der Waals surface area contributed by atoms with Crippen molar-refractivity contribution in [2.45, 2.75) is 51.3 Å². The van der Waals surface area contributed by atoms with E-state index >= 15 is 0 Å². The van der Waals surface area contributed by atoms with Gasteiger partial charge in [-0.15, -0.1) is 0 Å². The second-order valence-electron chi connectivity index (χ2n) is 8.21. The first kappa shape index (κ1) is 25.9. The number of nitrogens with two attached hydrogens (primary N) is 2. The second-order valence-corrected chi connectivity index (χ2v) is 8.21. The summed E-state index contributed by atoms with van der Waals surface area (Å²) in [5.74, 6) is 4.04. The van der Waals surface area contributed by atoms with E-state index in [1.165, 1.54) is 0 Å². The Labute approximate surface area is 198 Å². The van der Waals surface area contributed by atoms with Crippen LogP contribution in [0.2, 0.25) is 0 Å². The number of carbonyl (C=O) groups is 2. The number of nitrogen functional groups attached to an aromatic ring is 1. The van der Waals surface area contributed by atoms with Crippen molar-refractivity contribution in [2.75, 3.05) is 12.4 Å². The zero-order valence-electron chi connectivity index (χ0n) is 19.2. The molecule has 3 aromatic rings. The van der Waals surface area contributed by atoms with Crippen LogP contribution in [0.25, 0.3) is 22.4 Å². The quantitative estimate of drug-likeness (QED) is 0.371. The van der Waals surface area contributed by atoms with Crippen LogP contribution in [0.4, 0.5) is 13.2 Å². The number of carbonyl (C=O) groups excluding carboxylic acids is 1. The highest BCUT2D eigenvalue weighted by Crippen LogP contribution is 2.40. The van der Waals surface area contributed by atoms with E-state index in [1.54, 1.807) is 4.68 Å². The predicted molar refractivity (Wildman–Crippen MR) is 122 cm³/mol. The summed E-state index contributed by atoms with van der Waals surface area (Å²) in [6.45, 7) is 3.95. The molecule has 1 fully saturated rings. The summed E-state index contributed by atoms with van der Waals surface area (Å²) < 4.78 is 38.8. The van der Waals surface area contributed by atoms with Gasteiger partial charge in [0.05, 0.1) is 12.2 Å². The molecule has 1 aliphatic rings. The van der Waals surface area contributed by atoms with Gasteiger partial charge < -0.3 is 21.4 Å². The van der Waals surface area contributed by atoms with Gasteiger partial charge in [0, 0.05) is 22.6 Å². The molecule has 12 heteroatoms. The molecular formula is C23H26F3N5O4. The van der Waals surface area contributed by atoms with Gasteiger partial charge in [-0.3, -0.25) is 4.79 Å². The van der Waals surface area contributed by atoms with E-state index in [2.05, 4.69) is 6.92 Å². The maximum atomic E-state index is 11.6. The summed E-state index contributed by atoms with van der Waals surface area (Å²) in [6, 6.07) is 9.90. The van der Waals surface area contributed by atoms with E-state index in [1.807, 2.05) is 37.3 Å². The van der Waals surface area contributed by atoms with E-state index in [0.29, 0.717) is 5.82 Å². The highest BCUT2D eigenvalue weighted by Gasteiger charge is 2.38. The molecule has 1 aliphatic carbocycles. The van der Waals surface area contributed by atoms with E-state index in [9.17, 15) is 18.0 Å². The van der Waals surface area contributed by atoms with Gasteiger partial charge in [-0.05, 0) is 38.7 Å². The third kappa shape index (κ3) is 5.70. The number of hydrogen-bond donors (Lipinski definition) is 3. The normalized spacial score (nSPS) is 17.7.